The van der Waals surface area contributed by atoms with Crippen molar-refractivity contribution in [2.45, 2.75) is 93.9 Å². The van der Waals surface area contributed by atoms with Crippen molar-refractivity contribution < 1.29 is 48.0 Å². The molecule has 0 fully saturated rings. The molecule has 0 nitrogen and oxygen atoms in total. The summed E-state index contributed by atoms with van der Waals surface area (Å²) in [7, 11) is 0. The van der Waals surface area contributed by atoms with Gasteiger partial charge in [0.2, 0.25) is 0 Å². The summed E-state index contributed by atoms with van der Waals surface area (Å²) < 4.78 is 3.65. The molecule has 0 N–H and O–H groups in total. The topological polar surface area (TPSA) is 0 Å². The molecule has 0 aromatic rings. The Hall–Kier alpha value is 0.423. The third-order valence-electron chi connectivity index (χ3n) is 7.29. The Morgan fingerprint density at radius 3 is 1.26 bits per heavy atom. The van der Waals surface area contributed by atoms with E-state index in [2.05, 4.69) is 67.5 Å². The maximum Gasteiger partial charge on any atom is -1.00 e. The molecule has 2 aliphatic carbocycles. The van der Waals surface area contributed by atoms with Crippen LogP contribution in [0.5, 0.6) is 0 Å². The van der Waals surface area contributed by atoms with E-state index in [0.717, 1.165) is 0 Å². The van der Waals surface area contributed by atoms with E-state index >= 15 is 0 Å². The van der Waals surface area contributed by atoms with Gasteiger partial charge in [-0.25, -0.2) is 0 Å². The molecular formula is C24H38Cl2Zr. The van der Waals surface area contributed by atoms with Gasteiger partial charge < -0.3 is 24.8 Å². The van der Waals surface area contributed by atoms with Crippen molar-refractivity contribution in [1.82, 2.24) is 0 Å². The summed E-state index contributed by atoms with van der Waals surface area (Å²) in [5.74, 6) is 0. The zero-order valence-electron chi connectivity index (χ0n) is 18.7. The van der Waals surface area contributed by atoms with Gasteiger partial charge in [0.25, 0.3) is 0 Å². The molecule has 2 rings (SSSR count). The fraction of sp³-hybridized carbons (Fsp3) is 0.667. The minimum Gasteiger partial charge on any atom is -1.00 e. The smallest absolute Gasteiger partial charge is 1.00 e. The Morgan fingerprint density at radius 2 is 1.00 bits per heavy atom. The first-order chi connectivity index (χ1) is 11.8. The summed E-state index contributed by atoms with van der Waals surface area (Å²) in [5.41, 5.74) is 7.56. The minimum absolute atomic E-state index is 0. The summed E-state index contributed by atoms with van der Waals surface area (Å²) in [6.07, 6.45) is 12.6. The molecular weight excluding hydrogens is 450 g/mol. The minimum atomic E-state index is -0.748. The molecule has 152 valence electrons. The Morgan fingerprint density at radius 1 is 0.704 bits per heavy atom. The number of rotatable bonds is 8. The molecule has 0 heterocycles. The molecule has 0 spiro atoms. The molecule has 0 saturated carbocycles. The van der Waals surface area contributed by atoms with Crippen molar-refractivity contribution in [2.24, 2.45) is 10.8 Å². The van der Waals surface area contributed by atoms with Gasteiger partial charge in [-0.15, -0.1) is 0 Å². The van der Waals surface area contributed by atoms with Crippen LogP contribution < -0.4 is 24.8 Å². The number of hydrogen-bond donors (Lipinski definition) is 0. The maximum absolute atomic E-state index is 2.57. The summed E-state index contributed by atoms with van der Waals surface area (Å²) in [6, 6.07) is 0. The predicted octanol–water partition coefficient (Wildman–Crippen LogP) is 1.94. The van der Waals surface area contributed by atoms with E-state index < -0.39 is 23.2 Å². The molecule has 27 heavy (non-hydrogen) atoms. The summed E-state index contributed by atoms with van der Waals surface area (Å²) in [5, 5.41) is 0. The van der Waals surface area contributed by atoms with Crippen molar-refractivity contribution in [3.8, 4) is 0 Å². The van der Waals surface area contributed by atoms with E-state index in [1.54, 1.807) is 22.3 Å². The largest absolute Gasteiger partial charge is 1.00 e. The van der Waals surface area contributed by atoms with Gasteiger partial charge in [-0.2, -0.15) is 0 Å². The van der Waals surface area contributed by atoms with Crippen LogP contribution in [0, 0.1) is 10.8 Å². The zero-order chi connectivity index (χ0) is 18.8. The van der Waals surface area contributed by atoms with Gasteiger partial charge in [0, 0.05) is 0 Å². The van der Waals surface area contributed by atoms with E-state index in [1.165, 1.54) is 38.5 Å². The summed E-state index contributed by atoms with van der Waals surface area (Å²) in [4.78, 5) is 0. The normalized spacial score (nSPS) is 17.3. The van der Waals surface area contributed by atoms with Gasteiger partial charge in [0.15, 0.2) is 0 Å². The Labute approximate surface area is 192 Å². The van der Waals surface area contributed by atoms with Gasteiger partial charge in [0.05, 0.1) is 0 Å². The van der Waals surface area contributed by atoms with Crippen LogP contribution in [0.25, 0.3) is 0 Å². The van der Waals surface area contributed by atoms with Crippen LogP contribution in [0.1, 0.15) is 93.9 Å². The summed E-state index contributed by atoms with van der Waals surface area (Å²) >= 11 is -0.748. The molecule has 0 aromatic carbocycles. The molecule has 0 bridgehead atoms. The fourth-order valence-electron chi connectivity index (χ4n) is 4.21. The molecule has 0 atom stereocenters. The second kappa shape index (κ2) is 11.0. The van der Waals surface area contributed by atoms with Gasteiger partial charge in [-0.3, -0.25) is 0 Å². The maximum atomic E-state index is 2.57. The van der Waals surface area contributed by atoms with Crippen LogP contribution in [-0.2, 0) is 23.2 Å². The quantitative estimate of drug-likeness (QED) is 0.490. The molecule has 3 heteroatoms. The second-order valence-corrected chi connectivity index (χ2v) is 11.7. The second-order valence-electron chi connectivity index (χ2n) is 8.62. The van der Waals surface area contributed by atoms with Crippen molar-refractivity contribution in [3.63, 3.8) is 0 Å². The van der Waals surface area contributed by atoms with Gasteiger partial charge in [-0.05, 0) is 0 Å². The molecule has 0 unspecified atom stereocenters. The van der Waals surface area contributed by atoms with E-state index in [-0.39, 0.29) is 24.8 Å². The van der Waals surface area contributed by atoms with Crippen LogP contribution in [-0.4, -0.2) is 0 Å². The van der Waals surface area contributed by atoms with Gasteiger partial charge >= 0.3 is 169 Å². The van der Waals surface area contributed by atoms with Crippen LogP contribution in [0.3, 0.4) is 0 Å². The van der Waals surface area contributed by atoms with E-state index in [0.29, 0.717) is 10.8 Å². The third-order valence-corrected chi connectivity index (χ3v) is 11.9. The third kappa shape index (κ3) is 5.32. The molecule has 0 aliphatic heterocycles. The predicted molar refractivity (Wildman–Crippen MR) is 108 cm³/mol. The first-order valence-electron chi connectivity index (χ1n) is 10.3. The van der Waals surface area contributed by atoms with Gasteiger partial charge in [0.1, 0.15) is 0 Å². The molecule has 0 aromatic heterocycles. The number of allylic oxidation sites excluding steroid dienone is 8. The van der Waals surface area contributed by atoms with Crippen LogP contribution in [0.15, 0.2) is 41.0 Å². The Bertz CT molecular complexity index is 585. The van der Waals surface area contributed by atoms with Crippen LogP contribution >= 0.6 is 0 Å². The average molecular weight is 489 g/mol. The Balaban J connectivity index is 0.00000338. The number of hydrogen-bond acceptors (Lipinski definition) is 0. The van der Waals surface area contributed by atoms with E-state index in [1.807, 2.05) is 6.56 Å². The van der Waals surface area contributed by atoms with Crippen molar-refractivity contribution in [1.29, 1.82) is 0 Å². The first-order valence-corrected chi connectivity index (χ1v) is 12.8. The molecule has 0 saturated heterocycles. The number of halogens is 2. The standard InChI is InChI=1S/2C12H19.2ClH.Zr/c2*1-5-12(4,6-2)11-8-7-10(3)9-11;;;/h2*8H,5-7H2,1-4H3;2*1H;/q;;;;+2/p-2. The first kappa shape index (κ1) is 27.4. The zero-order valence-corrected chi connectivity index (χ0v) is 22.6. The van der Waals surface area contributed by atoms with Crippen LogP contribution in [0.2, 0.25) is 0 Å². The SMILES string of the molecule is CCC(C)(CC)C1=CCC(C)=[C]1[Zr+2][C]1=C(C)CC=C1C(C)(CC)CC.[Cl-].[Cl-]. The summed E-state index contributed by atoms with van der Waals surface area (Å²) in [6.45, 7) is 19.3. The van der Waals surface area contributed by atoms with Crippen molar-refractivity contribution >= 4 is 0 Å². The fourth-order valence-corrected chi connectivity index (χ4v) is 9.02. The molecule has 0 amide bonds. The van der Waals surface area contributed by atoms with Gasteiger partial charge in [-0.1, -0.05) is 0 Å². The Kier molecular flexibility index (Phi) is 11.2. The van der Waals surface area contributed by atoms with E-state index in [9.17, 15) is 0 Å². The molecule has 0 radical (unpaired) electrons. The average Bonchev–Trinajstić information content (AvgIpc) is 3.18. The van der Waals surface area contributed by atoms with Crippen LogP contribution in [0.4, 0.5) is 0 Å². The van der Waals surface area contributed by atoms with Crippen molar-refractivity contribution in [3.05, 3.63) is 41.0 Å². The monoisotopic (exact) mass is 486 g/mol. The van der Waals surface area contributed by atoms with E-state index in [4.69, 9.17) is 0 Å². The van der Waals surface area contributed by atoms with Crippen molar-refractivity contribution in [2.75, 3.05) is 0 Å². The molecule has 2 aliphatic rings.